The van der Waals surface area contributed by atoms with Crippen LogP contribution >= 0.6 is 50.9 Å². The van der Waals surface area contributed by atoms with Gasteiger partial charge in [-0.25, -0.2) is 4.99 Å². The highest BCUT2D eigenvalue weighted by Gasteiger charge is 2.35. The Labute approximate surface area is 272 Å². The monoisotopic (exact) mass is 716 g/mol. The number of aliphatic imine (C=N–C) groups is 1. The van der Waals surface area contributed by atoms with Crippen molar-refractivity contribution in [1.29, 1.82) is 0 Å². The molecule has 1 aliphatic rings. The molecule has 1 fully saturated rings. The molecule has 220 valence electrons. The van der Waals surface area contributed by atoms with Crippen LogP contribution in [-0.4, -0.2) is 26.6 Å². The zero-order chi connectivity index (χ0) is 30.9. The van der Waals surface area contributed by atoms with Crippen LogP contribution in [0, 0.1) is 13.8 Å². The summed E-state index contributed by atoms with van der Waals surface area (Å²) < 4.78 is 37.0. The minimum Gasteiger partial charge on any atom is -0.493 e. The molecule has 4 aromatic rings. The average molecular weight is 718 g/mol. The third-order valence-electron chi connectivity index (χ3n) is 6.37. The molecule has 0 radical (unpaired) electrons. The minimum absolute atomic E-state index is 0.00100. The van der Waals surface area contributed by atoms with Crippen LogP contribution in [0.2, 0.25) is 10.0 Å². The van der Waals surface area contributed by atoms with Gasteiger partial charge in [-0.1, -0.05) is 53.5 Å². The lowest BCUT2D eigenvalue weighted by atomic mass is 10.1. The number of carbonyl (C=O) groups excluding carboxylic acids is 1. The van der Waals surface area contributed by atoms with Gasteiger partial charge < -0.3 is 8.92 Å². The number of halogens is 3. The number of carbonyl (C=O) groups is 1. The van der Waals surface area contributed by atoms with Crippen LogP contribution in [0.5, 0.6) is 11.5 Å². The van der Waals surface area contributed by atoms with E-state index in [1.165, 1.54) is 35.9 Å². The van der Waals surface area contributed by atoms with E-state index in [1.54, 1.807) is 54.6 Å². The van der Waals surface area contributed by atoms with Crippen LogP contribution in [0.15, 0.2) is 98.1 Å². The van der Waals surface area contributed by atoms with Crippen molar-refractivity contribution in [2.24, 2.45) is 4.99 Å². The van der Waals surface area contributed by atoms with Gasteiger partial charge in [-0.2, -0.15) is 8.42 Å². The summed E-state index contributed by atoms with van der Waals surface area (Å²) in [4.78, 5) is 20.4. The zero-order valence-corrected chi connectivity index (χ0v) is 27.7. The number of hydrogen-bond donors (Lipinski definition) is 0. The maximum atomic E-state index is 13.8. The second kappa shape index (κ2) is 12.8. The molecular formula is C31H23BrCl2N2O5S2. The van der Waals surface area contributed by atoms with Crippen molar-refractivity contribution in [2.45, 2.75) is 18.7 Å². The van der Waals surface area contributed by atoms with Crippen molar-refractivity contribution >= 4 is 89.5 Å². The summed E-state index contributed by atoms with van der Waals surface area (Å²) in [6.07, 6.45) is 1.67. The number of thioether (sulfide) groups is 1. The maximum Gasteiger partial charge on any atom is 0.339 e. The molecule has 0 aromatic heterocycles. The van der Waals surface area contributed by atoms with E-state index in [-0.39, 0.29) is 22.3 Å². The van der Waals surface area contributed by atoms with E-state index >= 15 is 0 Å². The fourth-order valence-corrected chi connectivity index (χ4v) is 7.04. The van der Waals surface area contributed by atoms with Gasteiger partial charge in [-0.3, -0.25) is 9.69 Å². The van der Waals surface area contributed by atoms with Crippen LogP contribution in [0.4, 0.5) is 11.4 Å². The Balaban J connectivity index is 1.54. The summed E-state index contributed by atoms with van der Waals surface area (Å²) in [7, 11) is -2.73. The summed E-state index contributed by atoms with van der Waals surface area (Å²) >= 11 is 17.3. The van der Waals surface area contributed by atoms with E-state index in [0.717, 1.165) is 11.1 Å². The predicted octanol–water partition coefficient (Wildman–Crippen LogP) is 8.96. The molecule has 7 nitrogen and oxygen atoms in total. The summed E-state index contributed by atoms with van der Waals surface area (Å²) in [5.41, 5.74) is 3.48. The van der Waals surface area contributed by atoms with Gasteiger partial charge in [0.15, 0.2) is 16.7 Å². The molecule has 1 aliphatic heterocycles. The molecule has 1 saturated heterocycles. The standard InChI is InChI=1S/C31H23BrCl2N2O5S2/c1-18-9-11-21(16-25(18)33)35-31-36(22-12-10-19(2)26(34)17-22)30(37)28(42-31)15-20-13-24(32)29(27(14-20)40-3)41-43(38,39)23-7-5-4-6-8-23/h4-17H,1-3H3/b28-15+,35-31?. The number of benzene rings is 4. The Hall–Kier alpha value is -3.28. The predicted molar refractivity (Wildman–Crippen MR) is 177 cm³/mol. The summed E-state index contributed by atoms with van der Waals surface area (Å²) in [6.45, 7) is 3.78. The molecule has 12 heteroatoms. The first kappa shape index (κ1) is 31.2. The van der Waals surface area contributed by atoms with Gasteiger partial charge >= 0.3 is 10.1 Å². The smallest absolute Gasteiger partial charge is 0.339 e. The molecule has 43 heavy (non-hydrogen) atoms. The van der Waals surface area contributed by atoms with Crippen LogP contribution in [0.3, 0.4) is 0 Å². The van der Waals surface area contributed by atoms with Gasteiger partial charge in [0.2, 0.25) is 0 Å². The van der Waals surface area contributed by atoms with Gasteiger partial charge in [0, 0.05) is 10.0 Å². The number of rotatable bonds is 7. The molecule has 0 N–H and O–H groups in total. The van der Waals surface area contributed by atoms with Crippen molar-refractivity contribution in [3.63, 3.8) is 0 Å². The van der Waals surface area contributed by atoms with E-state index in [4.69, 9.17) is 37.1 Å². The Kier molecular flexibility index (Phi) is 9.24. The molecular weight excluding hydrogens is 695 g/mol. The topological polar surface area (TPSA) is 85.3 Å². The fraction of sp³-hybridized carbons (Fsp3) is 0.0968. The number of amides is 1. The minimum atomic E-state index is -4.13. The molecule has 0 saturated carbocycles. The number of ether oxygens (including phenoxy) is 1. The van der Waals surface area contributed by atoms with E-state index < -0.39 is 10.1 Å². The van der Waals surface area contributed by atoms with E-state index in [0.29, 0.717) is 41.5 Å². The maximum absolute atomic E-state index is 13.8. The SMILES string of the molecule is COc1cc(/C=C2/SC(=Nc3ccc(C)c(Cl)c3)N(c3ccc(C)c(Cl)c3)C2=O)cc(Br)c1OS(=O)(=O)c1ccccc1. The highest BCUT2D eigenvalue weighted by molar-refractivity contribution is 9.10. The fourth-order valence-electron chi connectivity index (χ4n) is 4.06. The zero-order valence-electron chi connectivity index (χ0n) is 23.0. The second-order valence-electron chi connectivity index (χ2n) is 9.40. The van der Waals surface area contributed by atoms with Crippen LogP contribution in [-0.2, 0) is 14.9 Å². The van der Waals surface area contributed by atoms with Crippen molar-refractivity contribution in [3.05, 3.63) is 115 Å². The lowest BCUT2D eigenvalue weighted by Crippen LogP contribution is -2.28. The highest BCUT2D eigenvalue weighted by Crippen LogP contribution is 2.42. The largest absolute Gasteiger partial charge is 0.493 e. The summed E-state index contributed by atoms with van der Waals surface area (Å²) in [6, 6.07) is 21.8. The summed E-state index contributed by atoms with van der Waals surface area (Å²) in [5.74, 6) is -0.182. The number of anilines is 1. The number of aryl methyl sites for hydroxylation is 2. The lowest BCUT2D eigenvalue weighted by molar-refractivity contribution is -0.113. The van der Waals surface area contributed by atoms with Crippen LogP contribution in [0.1, 0.15) is 16.7 Å². The Bertz CT molecular complexity index is 1920. The molecule has 0 aliphatic carbocycles. The first-order valence-electron chi connectivity index (χ1n) is 12.7. The normalized spacial score (nSPS) is 15.4. The van der Waals surface area contributed by atoms with Gasteiger partial charge in [0.1, 0.15) is 4.90 Å². The molecule has 0 unspecified atom stereocenters. The number of amidine groups is 1. The summed E-state index contributed by atoms with van der Waals surface area (Å²) in [5, 5.41) is 1.49. The van der Waals surface area contributed by atoms with Crippen LogP contribution < -0.4 is 13.8 Å². The van der Waals surface area contributed by atoms with Crippen molar-refractivity contribution in [1.82, 2.24) is 0 Å². The molecule has 5 rings (SSSR count). The lowest BCUT2D eigenvalue weighted by Gasteiger charge is -2.16. The van der Waals surface area contributed by atoms with Gasteiger partial charge in [0.05, 0.1) is 27.9 Å². The highest BCUT2D eigenvalue weighted by atomic mass is 79.9. The Morgan fingerprint density at radius 2 is 1.60 bits per heavy atom. The Morgan fingerprint density at radius 3 is 2.26 bits per heavy atom. The Morgan fingerprint density at radius 1 is 0.930 bits per heavy atom. The van der Waals surface area contributed by atoms with Crippen molar-refractivity contribution < 1.29 is 22.1 Å². The molecule has 1 amide bonds. The van der Waals surface area contributed by atoms with E-state index in [2.05, 4.69) is 15.9 Å². The van der Waals surface area contributed by atoms with Crippen LogP contribution in [0.25, 0.3) is 6.08 Å². The number of hydrogen-bond acceptors (Lipinski definition) is 7. The molecule has 0 spiro atoms. The second-order valence-corrected chi connectivity index (χ2v) is 13.6. The van der Waals surface area contributed by atoms with E-state index in [9.17, 15) is 13.2 Å². The number of methoxy groups -OCH3 is 1. The first-order valence-corrected chi connectivity index (χ1v) is 16.5. The third kappa shape index (κ3) is 6.78. The molecule has 0 atom stereocenters. The average Bonchev–Trinajstić information content (AvgIpc) is 3.27. The molecule has 0 bridgehead atoms. The quantitative estimate of drug-likeness (QED) is 0.140. The van der Waals surface area contributed by atoms with Gasteiger partial charge in [-0.15, -0.1) is 0 Å². The van der Waals surface area contributed by atoms with Crippen molar-refractivity contribution in [3.8, 4) is 11.5 Å². The van der Waals surface area contributed by atoms with E-state index in [1.807, 2.05) is 32.0 Å². The van der Waals surface area contributed by atoms with Gasteiger partial charge in [-0.05, 0) is 113 Å². The first-order chi connectivity index (χ1) is 20.5. The van der Waals surface area contributed by atoms with Crippen molar-refractivity contribution in [2.75, 3.05) is 12.0 Å². The third-order valence-corrected chi connectivity index (χ3v) is 9.98. The number of nitrogens with zero attached hydrogens (tertiary/aromatic N) is 2. The molecule has 4 aromatic carbocycles. The molecule has 1 heterocycles. The van der Waals surface area contributed by atoms with Gasteiger partial charge in [0.25, 0.3) is 5.91 Å².